The molecule has 3 N–H and O–H groups in total. The number of ether oxygens (including phenoxy) is 2. The van der Waals surface area contributed by atoms with E-state index in [2.05, 4.69) is 16.0 Å². The summed E-state index contributed by atoms with van der Waals surface area (Å²) >= 11 is 0. The number of Topliss-reactive ketones (excluding diaryl/α,β-unsaturated/α-hetero) is 1. The van der Waals surface area contributed by atoms with E-state index in [-0.39, 0.29) is 49.1 Å². The highest BCUT2D eigenvalue weighted by atomic mass is 16.5. The maximum Gasteiger partial charge on any atom is 0.325 e. The molecule has 4 rings (SSSR count). The first-order valence-corrected chi connectivity index (χ1v) is 15.1. The van der Waals surface area contributed by atoms with E-state index >= 15 is 0 Å². The van der Waals surface area contributed by atoms with Gasteiger partial charge >= 0.3 is 5.97 Å². The standard InChI is InChI=1S/C35H37N3O8/c1-4-46-29(39)18-36-35(44)32(41)28(20-45-19-22-11-6-5-7-12-22)38-34(43)27(17-21(2)3)37-33(42)26-16-10-15-24-23-13-8-9-14-25(23)31(40)30(24)26/h5-16,21,27-28H,4,17-20H2,1-3H3,(H,36,44)(H,37,42)(H,38,43)/t27?,28-/m0/s1. The predicted octanol–water partition coefficient (Wildman–Crippen LogP) is 2.99. The fourth-order valence-electron chi connectivity index (χ4n) is 5.13. The monoisotopic (exact) mass is 627 g/mol. The molecule has 0 saturated carbocycles. The lowest BCUT2D eigenvalue weighted by molar-refractivity contribution is -0.146. The maximum atomic E-state index is 13.6. The second-order valence-electron chi connectivity index (χ2n) is 11.2. The van der Waals surface area contributed by atoms with E-state index in [1.165, 1.54) is 6.07 Å². The number of fused-ring (bicyclic) bond motifs is 3. The quantitative estimate of drug-likeness (QED) is 0.134. The van der Waals surface area contributed by atoms with Crippen LogP contribution in [0.5, 0.6) is 0 Å². The van der Waals surface area contributed by atoms with Crippen LogP contribution in [0.25, 0.3) is 11.1 Å². The normalized spacial score (nSPS) is 12.8. The zero-order chi connectivity index (χ0) is 33.2. The lowest BCUT2D eigenvalue weighted by Gasteiger charge is -2.24. The molecule has 46 heavy (non-hydrogen) atoms. The molecule has 11 heteroatoms. The van der Waals surface area contributed by atoms with E-state index in [0.29, 0.717) is 11.1 Å². The van der Waals surface area contributed by atoms with Gasteiger partial charge in [0.05, 0.1) is 25.4 Å². The minimum absolute atomic E-state index is 0.0558. The minimum Gasteiger partial charge on any atom is -0.465 e. The van der Waals surface area contributed by atoms with Crippen molar-refractivity contribution in [1.29, 1.82) is 0 Å². The number of benzene rings is 3. The van der Waals surface area contributed by atoms with Gasteiger partial charge in [0, 0.05) is 11.1 Å². The van der Waals surface area contributed by atoms with Crippen molar-refractivity contribution in [2.45, 2.75) is 45.9 Å². The summed E-state index contributed by atoms with van der Waals surface area (Å²) in [6.07, 6.45) is 0.196. The molecular formula is C35H37N3O8. The molecule has 1 unspecified atom stereocenters. The molecule has 0 fully saturated rings. The average molecular weight is 628 g/mol. The average Bonchev–Trinajstić information content (AvgIpc) is 3.34. The van der Waals surface area contributed by atoms with Crippen LogP contribution in [0.1, 0.15) is 59.0 Å². The Morgan fingerprint density at radius 1 is 0.783 bits per heavy atom. The Morgan fingerprint density at radius 3 is 2.15 bits per heavy atom. The summed E-state index contributed by atoms with van der Waals surface area (Å²) in [4.78, 5) is 78.1. The van der Waals surface area contributed by atoms with E-state index in [4.69, 9.17) is 9.47 Å². The Labute approximate surface area is 267 Å². The molecule has 0 heterocycles. The number of carbonyl (C=O) groups excluding carboxylic acids is 6. The van der Waals surface area contributed by atoms with Gasteiger partial charge in [-0.2, -0.15) is 0 Å². The molecule has 0 aromatic heterocycles. The number of rotatable bonds is 15. The highest BCUT2D eigenvalue weighted by Crippen LogP contribution is 2.38. The summed E-state index contributed by atoms with van der Waals surface area (Å²) in [6.45, 7) is 4.65. The van der Waals surface area contributed by atoms with Crippen LogP contribution in [-0.4, -0.2) is 67.1 Å². The van der Waals surface area contributed by atoms with E-state index < -0.39 is 48.1 Å². The lowest BCUT2D eigenvalue weighted by atomic mass is 9.98. The van der Waals surface area contributed by atoms with Crippen molar-refractivity contribution in [3.63, 3.8) is 0 Å². The molecule has 0 radical (unpaired) electrons. The first kappa shape index (κ1) is 33.7. The topological polar surface area (TPSA) is 157 Å². The van der Waals surface area contributed by atoms with Crippen LogP contribution in [0.4, 0.5) is 0 Å². The van der Waals surface area contributed by atoms with E-state index in [1.807, 2.05) is 56.3 Å². The lowest BCUT2D eigenvalue weighted by Crippen LogP contribution is -2.56. The van der Waals surface area contributed by atoms with Crippen molar-refractivity contribution in [2.24, 2.45) is 5.92 Å². The molecule has 1 aliphatic carbocycles. The molecule has 3 aromatic carbocycles. The molecule has 0 spiro atoms. The zero-order valence-electron chi connectivity index (χ0n) is 26.0. The number of hydrogen-bond donors (Lipinski definition) is 3. The van der Waals surface area contributed by atoms with E-state index in [9.17, 15) is 28.8 Å². The molecule has 11 nitrogen and oxygen atoms in total. The van der Waals surface area contributed by atoms with Gasteiger partial charge in [-0.25, -0.2) is 0 Å². The third-order valence-electron chi connectivity index (χ3n) is 7.28. The second kappa shape index (κ2) is 15.7. The van der Waals surface area contributed by atoms with Crippen molar-refractivity contribution in [3.8, 4) is 11.1 Å². The van der Waals surface area contributed by atoms with Crippen LogP contribution < -0.4 is 16.0 Å². The molecular weight excluding hydrogens is 590 g/mol. The summed E-state index contributed by atoms with van der Waals surface area (Å²) in [6, 6.07) is 18.6. The number of ketones is 2. The van der Waals surface area contributed by atoms with Crippen LogP contribution in [0.2, 0.25) is 0 Å². The Kier molecular flexibility index (Phi) is 11.5. The summed E-state index contributed by atoms with van der Waals surface area (Å²) in [5.41, 5.74) is 3.04. The fourth-order valence-corrected chi connectivity index (χ4v) is 5.13. The van der Waals surface area contributed by atoms with Crippen molar-refractivity contribution in [1.82, 2.24) is 16.0 Å². The Balaban J connectivity index is 1.51. The number of esters is 1. The van der Waals surface area contributed by atoms with Crippen LogP contribution in [0.3, 0.4) is 0 Å². The van der Waals surface area contributed by atoms with Crippen molar-refractivity contribution >= 4 is 35.3 Å². The van der Waals surface area contributed by atoms with Gasteiger partial charge in [0.25, 0.3) is 11.8 Å². The SMILES string of the molecule is CCOC(=O)CNC(=O)C(=O)[C@H](COCc1ccccc1)NC(=O)C(CC(C)C)NC(=O)c1cccc2c1C(=O)c1ccccc1-2. The summed E-state index contributed by atoms with van der Waals surface area (Å²) in [5.74, 6) is -4.55. The van der Waals surface area contributed by atoms with Gasteiger partial charge in [-0.05, 0) is 42.0 Å². The van der Waals surface area contributed by atoms with Gasteiger partial charge in [-0.15, -0.1) is 0 Å². The highest BCUT2D eigenvalue weighted by Gasteiger charge is 2.34. The smallest absolute Gasteiger partial charge is 0.325 e. The molecule has 3 aromatic rings. The molecule has 1 aliphatic rings. The molecule has 0 saturated heterocycles. The molecule has 0 bridgehead atoms. The van der Waals surface area contributed by atoms with Gasteiger partial charge in [0.15, 0.2) is 5.78 Å². The van der Waals surface area contributed by atoms with Gasteiger partial charge < -0.3 is 25.4 Å². The van der Waals surface area contributed by atoms with Crippen molar-refractivity contribution < 1.29 is 38.2 Å². The molecule has 240 valence electrons. The fraction of sp³-hybridized carbons (Fsp3) is 0.314. The Morgan fingerprint density at radius 2 is 1.46 bits per heavy atom. The third-order valence-corrected chi connectivity index (χ3v) is 7.28. The van der Waals surface area contributed by atoms with E-state index in [0.717, 1.165) is 11.1 Å². The van der Waals surface area contributed by atoms with Crippen LogP contribution in [-0.2, 0) is 35.3 Å². The van der Waals surface area contributed by atoms with Crippen LogP contribution >= 0.6 is 0 Å². The number of hydrogen-bond acceptors (Lipinski definition) is 8. The zero-order valence-corrected chi connectivity index (χ0v) is 26.0. The number of carbonyl (C=O) groups is 6. The van der Waals surface area contributed by atoms with E-state index in [1.54, 1.807) is 31.2 Å². The van der Waals surface area contributed by atoms with Crippen LogP contribution in [0, 0.1) is 5.92 Å². The maximum absolute atomic E-state index is 13.6. The second-order valence-corrected chi connectivity index (χ2v) is 11.2. The largest absolute Gasteiger partial charge is 0.465 e. The predicted molar refractivity (Wildman–Crippen MR) is 169 cm³/mol. The first-order chi connectivity index (χ1) is 22.1. The van der Waals surface area contributed by atoms with Crippen LogP contribution in [0.15, 0.2) is 72.8 Å². The third kappa shape index (κ3) is 8.30. The Hall–Kier alpha value is -5.16. The summed E-state index contributed by atoms with van der Waals surface area (Å²) in [5, 5.41) is 7.50. The van der Waals surface area contributed by atoms with Gasteiger partial charge in [0.1, 0.15) is 18.6 Å². The van der Waals surface area contributed by atoms with Crippen molar-refractivity contribution in [2.75, 3.05) is 19.8 Å². The van der Waals surface area contributed by atoms with Gasteiger partial charge in [-0.3, -0.25) is 28.8 Å². The highest BCUT2D eigenvalue weighted by molar-refractivity contribution is 6.38. The number of amides is 3. The minimum atomic E-state index is -1.43. The number of nitrogens with one attached hydrogen (secondary N) is 3. The van der Waals surface area contributed by atoms with Crippen molar-refractivity contribution in [3.05, 3.63) is 95.1 Å². The first-order valence-electron chi connectivity index (χ1n) is 15.1. The van der Waals surface area contributed by atoms with Gasteiger partial charge in [0.2, 0.25) is 11.7 Å². The molecule has 2 atom stereocenters. The summed E-state index contributed by atoms with van der Waals surface area (Å²) in [7, 11) is 0. The molecule has 0 aliphatic heterocycles. The summed E-state index contributed by atoms with van der Waals surface area (Å²) < 4.78 is 10.5. The van der Waals surface area contributed by atoms with Gasteiger partial charge in [-0.1, -0.05) is 80.6 Å². The Bertz CT molecular complexity index is 1620. The molecule has 3 amide bonds.